The lowest BCUT2D eigenvalue weighted by atomic mass is 10.0. The van der Waals surface area contributed by atoms with Crippen molar-refractivity contribution >= 4 is 35.0 Å². The highest BCUT2D eigenvalue weighted by Crippen LogP contribution is 2.27. The number of hydrogen-bond donors (Lipinski definition) is 1. The second-order valence-electron chi connectivity index (χ2n) is 8.39. The van der Waals surface area contributed by atoms with Crippen molar-refractivity contribution in [3.8, 4) is 0 Å². The Balaban J connectivity index is 2.39. The third-order valence-electron chi connectivity index (χ3n) is 5.31. The summed E-state index contributed by atoms with van der Waals surface area (Å²) in [6.45, 7) is 10.7. The van der Waals surface area contributed by atoms with E-state index in [4.69, 9.17) is 23.2 Å². The van der Waals surface area contributed by atoms with Crippen LogP contribution in [0.1, 0.15) is 49.4 Å². The van der Waals surface area contributed by atoms with E-state index in [0.29, 0.717) is 34.5 Å². The summed E-state index contributed by atoms with van der Waals surface area (Å²) in [4.78, 5) is 28.1. The zero-order valence-corrected chi connectivity index (χ0v) is 20.5. The van der Waals surface area contributed by atoms with Gasteiger partial charge in [0.15, 0.2) is 0 Å². The number of rotatable bonds is 9. The Morgan fingerprint density at radius 3 is 2.29 bits per heavy atom. The molecule has 4 nitrogen and oxygen atoms in total. The van der Waals surface area contributed by atoms with Crippen LogP contribution in [-0.2, 0) is 22.6 Å². The van der Waals surface area contributed by atoms with Gasteiger partial charge in [-0.15, -0.1) is 0 Å². The van der Waals surface area contributed by atoms with Gasteiger partial charge in [0.05, 0.1) is 6.42 Å². The Bertz CT molecular complexity index is 907. The van der Waals surface area contributed by atoms with E-state index in [1.165, 1.54) is 0 Å². The summed E-state index contributed by atoms with van der Waals surface area (Å²) in [5.74, 6) is 0.0310. The third-order valence-corrected chi connectivity index (χ3v) is 6.02. The van der Waals surface area contributed by atoms with E-state index in [1.54, 1.807) is 23.1 Å². The second kappa shape index (κ2) is 11.5. The molecule has 0 unspecified atom stereocenters. The van der Waals surface area contributed by atoms with Gasteiger partial charge in [-0.3, -0.25) is 9.59 Å². The van der Waals surface area contributed by atoms with E-state index in [1.807, 2.05) is 52.8 Å². The Kier molecular flexibility index (Phi) is 9.39. The first kappa shape index (κ1) is 25.2. The average Bonchev–Trinajstić information content (AvgIpc) is 2.71. The number of nitrogens with zero attached hydrogens (tertiary/aromatic N) is 1. The topological polar surface area (TPSA) is 49.4 Å². The Morgan fingerprint density at radius 1 is 1.06 bits per heavy atom. The second-order valence-corrected chi connectivity index (χ2v) is 9.21. The first-order chi connectivity index (χ1) is 14.6. The van der Waals surface area contributed by atoms with Crippen molar-refractivity contribution in [1.29, 1.82) is 0 Å². The first-order valence-corrected chi connectivity index (χ1v) is 11.5. The number of nitrogens with one attached hydrogen (secondary N) is 1. The van der Waals surface area contributed by atoms with Crippen LogP contribution in [0.25, 0.3) is 0 Å². The lowest BCUT2D eigenvalue weighted by molar-refractivity contribution is -0.141. The molecule has 2 amide bonds. The van der Waals surface area contributed by atoms with Gasteiger partial charge < -0.3 is 10.2 Å². The zero-order chi connectivity index (χ0) is 23.1. The number of aryl methyl sites for hydroxylation is 2. The molecule has 0 saturated heterocycles. The van der Waals surface area contributed by atoms with E-state index in [-0.39, 0.29) is 24.8 Å². The molecule has 0 aliphatic rings. The highest BCUT2D eigenvalue weighted by molar-refractivity contribution is 6.36. The summed E-state index contributed by atoms with van der Waals surface area (Å²) in [5.41, 5.74) is 3.75. The van der Waals surface area contributed by atoms with E-state index in [2.05, 4.69) is 5.32 Å². The highest BCUT2D eigenvalue weighted by atomic mass is 35.5. The van der Waals surface area contributed by atoms with Crippen LogP contribution >= 0.6 is 23.2 Å². The molecule has 0 aliphatic carbocycles. The number of hydrogen-bond acceptors (Lipinski definition) is 2. The fraction of sp³-hybridized carbons (Fsp3) is 0.440. The lowest BCUT2D eigenvalue weighted by Crippen LogP contribution is -2.50. The fourth-order valence-corrected chi connectivity index (χ4v) is 3.97. The first-order valence-electron chi connectivity index (χ1n) is 10.7. The van der Waals surface area contributed by atoms with E-state index in [0.717, 1.165) is 16.7 Å². The molecule has 0 heterocycles. The lowest BCUT2D eigenvalue weighted by Gasteiger charge is -2.31. The SMILES string of the molecule is CC[C@H](C(=O)NCC(C)C)N(Cc1c(Cl)cccc1Cl)C(=O)Cc1cc(C)ccc1C. The molecular formula is C25H32Cl2N2O2. The average molecular weight is 463 g/mol. The summed E-state index contributed by atoms with van der Waals surface area (Å²) in [5, 5.41) is 3.93. The number of amides is 2. The van der Waals surface area contributed by atoms with Gasteiger partial charge in [-0.25, -0.2) is 0 Å². The van der Waals surface area contributed by atoms with Crippen LogP contribution in [0.4, 0.5) is 0 Å². The molecule has 0 fully saturated rings. The van der Waals surface area contributed by atoms with Gasteiger partial charge >= 0.3 is 0 Å². The van der Waals surface area contributed by atoms with E-state index < -0.39 is 6.04 Å². The maximum absolute atomic E-state index is 13.5. The summed E-state index contributed by atoms with van der Waals surface area (Å²) in [7, 11) is 0. The van der Waals surface area contributed by atoms with Gasteiger partial charge in [-0.05, 0) is 49.4 Å². The van der Waals surface area contributed by atoms with Gasteiger partial charge in [0.1, 0.15) is 6.04 Å². The van der Waals surface area contributed by atoms with Crippen molar-refractivity contribution in [3.05, 3.63) is 68.7 Å². The van der Waals surface area contributed by atoms with Crippen LogP contribution in [-0.4, -0.2) is 29.3 Å². The summed E-state index contributed by atoms with van der Waals surface area (Å²) < 4.78 is 0. The monoisotopic (exact) mass is 462 g/mol. The van der Waals surface area contributed by atoms with Crippen molar-refractivity contribution in [1.82, 2.24) is 10.2 Å². The minimum Gasteiger partial charge on any atom is -0.354 e. The van der Waals surface area contributed by atoms with Crippen molar-refractivity contribution in [2.24, 2.45) is 5.92 Å². The maximum Gasteiger partial charge on any atom is 0.242 e. The smallest absolute Gasteiger partial charge is 0.242 e. The molecule has 0 bridgehead atoms. The number of benzene rings is 2. The minimum atomic E-state index is -0.608. The molecule has 2 aromatic rings. The highest BCUT2D eigenvalue weighted by Gasteiger charge is 2.30. The van der Waals surface area contributed by atoms with Crippen molar-refractivity contribution in [3.63, 3.8) is 0 Å². The molecule has 2 aromatic carbocycles. The molecular weight excluding hydrogens is 431 g/mol. The minimum absolute atomic E-state index is 0.128. The third kappa shape index (κ3) is 6.98. The Labute approximate surface area is 195 Å². The summed E-state index contributed by atoms with van der Waals surface area (Å²) >= 11 is 12.8. The molecule has 6 heteroatoms. The standard InChI is InChI=1S/C25H32Cl2N2O2/c1-6-23(25(31)28-14-16(2)3)29(15-20-21(26)8-7-9-22(20)27)24(30)13-19-12-17(4)10-11-18(19)5/h7-12,16,23H,6,13-15H2,1-5H3,(H,28,31)/t23-/m1/s1. The van der Waals surface area contributed by atoms with Crippen LogP contribution in [0, 0.1) is 19.8 Å². The van der Waals surface area contributed by atoms with Gasteiger partial charge in [0.2, 0.25) is 11.8 Å². The molecule has 0 aliphatic heterocycles. The maximum atomic E-state index is 13.5. The van der Waals surface area contributed by atoms with Gasteiger partial charge in [-0.2, -0.15) is 0 Å². The fourth-order valence-electron chi connectivity index (χ4n) is 3.45. The predicted octanol–water partition coefficient (Wildman–Crippen LogP) is 5.73. The molecule has 0 spiro atoms. The summed E-state index contributed by atoms with van der Waals surface area (Å²) in [6.07, 6.45) is 0.702. The molecule has 0 saturated carbocycles. The molecule has 1 N–H and O–H groups in total. The van der Waals surface area contributed by atoms with Crippen LogP contribution < -0.4 is 5.32 Å². The van der Waals surface area contributed by atoms with Gasteiger partial charge in [-0.1, -0.05) is 73.8 Å². The van der Waals surface area contributed by atoms with Crippen LogP contribution in [0.5, 0.6) is 0 Å². The predicted molar refractivity (Wildman–Crippen MR) is 129 cm³/mol. The largest absolute Gasteiger partial charge is 0.354 e. The molecule has 0 radical (unpaired) electrons. The number of carbonyl (C=O) groups excluding carboxylic acids is 2. The Hall–Kier alpha value is -2.04. The van der Waals surface area contributed by atoms with Crippen LogP contribution in [0.3, 0.4) is 0 Å². The molecule has 2 rings (SSSR count). The number of carbonyl (C=O) groups is 2. The normalized spacial score (nSPS) is 12.0. The zero-order valence-electron chi connectivity index (χ0n) is 19.0. The molecule has 0 aromatic heterocycles. The molecule has 168 valence electrons. The van der Waals surface area contributed by atoms with Crippen molar-refractivity contribution in [2.75, 3.05) is 6.54 Å². The van der Waals surface area contributed by atoms with Crippen molar-refractivity contribution < 1.29 is 9.59 Å². The molecule has 31 heavy (non-hydrogen) atoms. The molecule has 1 atom stereocenters. The van der Waals surface area contributed by atoms with E-state index >= 15 is 0 Å². The van der Waals surface area contributed by atoms with Crippen molar-refractivity contribution in [2.45, 2.75) is 60.0 Å². The van der Waals surface area contributed by atoms with Crippen LogP contribution in [0.2, 0.25) is 10.0 Å². The number of halogens is 2. The van der Waals surface area contributed by atoms with Gasteiger partial charge in [0, 0.05) is 28.7 Å². The Morgan fingerprint density at radius 2 is 1.71 bits per heavy atom. The van der Waals surface area contributed by atoms with Gasteiger partial charge in [0.25, 0.3) is 0 Å². The summed E-state index contributed by atoms with van der Waals surface area (Å²) in [6, 6.07) is 10.7. The van der Waals surface area contributed by atoms with E-state index in [9.17, 15) is 9.59 Å². The van der Waals surface area contributed by atoms with Crippen LogP contribution in [0.15, 0.2) is 36.4 Å². The quantitative estimate of drug-likeness (QED) is 0.516.